The van der Waals surface area contributed by atoms with E-state index >= 15 is 0 Å². The van der Waals surface area contributed by atoms with Gasteiger partial charge in [0.25, 0.3) is 0 Å². The lowest BCUT2D eigenvalue weighted by Crippen LogP contribution is -2.02. The van der Waals surface area contributed by atoms with Gasteiger partial charge in [0.05, 0.1) is 0 Å². The van der Waals surface area contributed by atoms with E-state index in [2.05, 4.69) is 15.9 Å². The van der Waals surface area contributed by atoms with Gasteiger partial charge < -0.3 is 5.11 Å². The fourth-order valence-electron chi connectivity index (χ4n) is 2.11. The lowest BCUT2D eigenvalue weighted by atomic mass is 9.97. The van der Waals surface area contributed by atoms with Crippen LogP contribution in [0.15, 0.2) is 34.8 Å². The summed E-state index contributed by atoms with van der Waals surface area (Å²) in [6.07, 6.45) is -0.706. The minimum absolute atomic E-state index is 0.605. The van der Waals surface area contributed by atoms with Crippen molar-refractivity contribution in [2.24, 2.45) is 0 Å². The van der Waals surface area contributed by atoms with Crippen molar-refractivity contribution in [1.29, 1.82) is 0 Å². The summed E-state index contributed by atoms with van der Waals surface area (Å²) in [7, 11) is 0. The maximum atomic E-state index is 10.5. The van der Waals surface area contributed by atoms with Gasteiger partial charge in [-0.3, -0.25) is 0 Å². The summed E-state index contributed by atoms with van der Waals surface area (Å²) in [5.41, 5.74) is 4.96. The van der Waals surface area contributed by atoms with Crippen LogP contribution in [0.1, 0.15) is 33.9 Å². The molecule has 0 aliphatic heterocycles. The molecule has 1 N–H and O–H groups in total. The monoisotopic (exact) mass is 338 g/mol. The summed E-state index contributed by atoms with van der Waals surface area (Å²) < 4.78 is 0.960. The van der Waals surface area contributed by atoms with Crippen molar-refractivity contribution in [2.45, 2.75) is 26.9 Å². The van der Waals surface area contributed by atoms with Crippen molar-refractivity contribution in [3.63, 3.8) is 0 Å². The summed E-state index contributed by atoms with van der Waals surface area (Å²) in [5.74, 6) is 0. The van der Waals surface area contributed by atoms with Crippen LogP contribution in [0.5, 0.6) is 0 Å². The second-order valence-electron chi connectivity index (χ2n) is 4.92. The van der Waals surface area contributed by atoms with Crippen LogP contribution >= 0.6 is 27.5 Å². The van der Waals surface area contributed by atoms with Gasteiger partial charge >= 0.3 is 0 Å². The Bertz CT molecular complexity index is 602. The van der Waals surface area contributed by atoms with Crippen molar-refractivity contribution in [3.8, 4) is 0 Å². The van der Waals surface area contributed by atoms with E-state index in [0.29, 0.717) is 5.02 Å². The third kappa shape index (κ3) is 3.19. The number of hydrogen-bond acceptors (Lipinski definition) is 1. The molecule has 0 saturated heterocycles. The molecule has 2 rings (SSSR count). The first kappa shape index (κ1) is 14.6. The molecule has 0 amide bonds. The second-order valence-corrected chi connectivity index (χ2v) is 6.25. The smallest absolute Gasteiger partial charge is 0.106 e. The van der Waals surface area contributed by atoms with E-state index in [1.807, 2.05) is 51.1 Å². The Morgan fingerprint density at radius 3 is 2.26 bits per heavy atom. The molecular weight excluding hydrogens is 324 g/mol. The Balaban J connectivity index is 2.49. The molecule has 1 atom stereocenters. The minimum atomic E-state index is -0.706. The van der Waals surface area contributed by atoms with Crippen LogP contribution in [0.2, 0.25) is 5.02 Å². The van der Waals surface area contributed by atoms with E-state index in [0.717, 1.165) is 32.3 Å². The normalized spacial score (nSPS) is 12.5. The molecule has 3 heteroatoms. The molecular formula is C16H16BrClO. The topological polar surface area (TPSA) is 20.2 Å². The number of aryl methyl sites for hydroxylation is 3. The van der Waals surface area contributed by atoms with Gasteiger partial charge in [-0.15, -0.1) is 0 Å². The van der Waals surface area contributed by atoms with Gasteiger partial charge in [-0.2, -0.15) is 0 Å². The first-order valence-corrected chi connectivity index (χ1v) is 7.27. The van der Waals surface area contributed by atoms with Gasteiger partial charge in [-0.25, -0.2) is 0 Å². The molecule has 1 nitrogen and oxygen atoms in total. The Kier molecular flexibility index (Phi) is 4.34. The Labute approximate surface area is 127 Å². The molecule has 1 unspecified atom stereocenters. The number of benzene rings is 2. The number of hydrogen-bond donors (Lipinski definition) is 1. The molecule has 2 aromatic carbocycles. The molecule has 0 aliphatic carbocycles. The predicted molar refractivity (Wildman–Crippen MR) is 83.9 cm³/mol. The Morgan fingerprint density at radius 1 is 1.00 bits per heavy atom. The molecule has 0 saturated carbocycles. The largest absolute Gasteiger partial charge is 0.384 e. The number of aliphatic hydroxyl groups is 1. The minimum Gasteiger partial charge on any atom is -0.384 e. The van der Waals surface area contributed by atoms with E-state index in [9.17, 15) is 5.11 Å². The van der Waals surface area contributed by atoms with Crippen molar-refractivity contribution in [3.05, 3.63) is 67.6 Å². The van der Waals surface area contributed by atoms with Crippen molar-refractivity contribution >= 4 is 27.5 Å². The molecule has 2 aromatic rings. The summed E-state index contributed by atoms with van der Waals surface area (Å²) >= 11 is 9.71. The van der Waals surface area contributed by atoms with Crippen LogP contribution in [-0.4, -0.2) is 5.11 Å². The maximum absolute atomic E-state index is 10.5. The van der Waals surface area contributed by atoms with Crippen molar-refractivity contribution < 1.29 is 5.11 Å². The molecule has 0 spiro atoms. The van der Waals surface area contributed by atoms with Crippen molar-refractivity contribution in [2.75, 3.05) is 0 Å². The van der Waals surface area contributed by atoms with Crippen LogP contribution in [0, 0.1) is 20.8 Å². The lowest BCUT2D eigenvalue weighted by Gasteiger charge is -2.16. The third-order valence-electron chi connectivity index (χ3n) is 3.29. The van der Waals surface area contributed by atoms with Crippen LogP contribution < -0.4 is 0 Å². The van der Waals surface area contributed by atoms with E-state index in [1.54, 1.807) is 0 Å². The fraction of sp³-hybridized carbons (Fsp3) is 0.250. The zero-order chi connectivity index (χ0) is 14.2. The summed E-state index contributed by atoms with van der Waals surface area (Å²) in [4.78, 5) is 0. The molecule has 100 valence electrons. The fourth-order valence-corrected chi connectivity index (χ4v) is 3.06. The molecule has 0 bridgehead atoms. The van der Waals surface area contributed by atoms with Crippen LogP contribution in [0.4, 0.5) is 0 Å². The van der Waals surface area contributed by atoms with Gasteiger partial charge in [0.15, 0.2) is 0 Å². The van der Waals surface area contributed by atoms with Gasteiger partial charge in [0, 0.05) is 15.1 Å². The number of rotatable bonds is 2. The SMILES string of the molecule is Cc1cc(Br)cc(C(O)c2cc(C)c(C)cc2Cl)c1. The summed E-state index contributed by atoms with van der Waals surface area (Å²) in [5, 5.41) is 11.1. The highest BCUT2D eigenvalue weighted by Crippen LogP contribution is 2.32. The highest BCUT2D eigenvalue weighted by atomic mass is 79.9. The number of aliphatic hydroxyl groups excluding tert-OH is 1. The predicted octanol–water partition coefficient (Wildman–Crippen LogP) is 5.11. The molecule has 19 heavy (non-hydrogen) atoms. The second kappa shape index (κ2) is 5.66. The van der Waals surface area contributed by atoms with Crippen LogP contribution in [0.3, 0.4) is 0 Å². The lowest BCUT2D eigenvalue weighted by molar-refractivity contribution is 0.220. The average molecular weight is 340 g/mol. The molecule has 0 heterocycles. The zero-order valence-electron chi connectivity index (χ0n) is 11.2. The molecule has 0 aromatic heterocycles. The van der Waals surface area contributed by atoms with E-state index in [1.165, 1.54) is 0 Å². The standard InChI is InChI=1S/C16H16BrClO/c1-9-4-12(8-13(17)5-9)16(19)14-6-10(2)11(3)7-15(14)18/h4-8,16,19H,1-3H3. The van der Waals surface area contributed by atoms with Crippen LogP contribution in [-0.2, 0) is 0 Å². The molecule has 0 aliphatic rings. The van der Waals surface area contributed by atoms with Gasteiger partial charge in [-0.05, 0) is 61.2 Å². The van der Waals surface area contributed by atoms with Gasteiger partial charge in [-0.1, -0.05) is 39.7 Å². The third-order valence-corrected chi connectivity index (χ3v) is 4.07. The van der Waals surface area contributed by atoms with Crippen LogP contribution in [0.25, 0.3) is 0 Å². The zero-order valence-corrected chi connectivity index (χ0v) is 13.5. The van der Waals surface area contributed by atoms with E-state index < -0.39 is 6.10 Å². The average Bonchev–Trinajstić information content (AvgIpc) is 2.31. The highest BCUT2D eigenvalue weighted by Gasteiger charge is 2.16. The molecule has 0 radical (unpaired) electrons. The maximum Gasteiger partial charge on any atom is 0.106 e. The van der Waals surface area contributed by atoms with Gasteiger partial charge in [0.1, 0.15) is 6.10 Å². The van der Waals surface area contributed by atoms with Crippen molar-refractivity contribution in [1.82, 2.24) is 0 Å². The van der Waals surface area contributed by atoms with E-state index in [-0.39, 0.29) is 0 Å². The van der Waals surface area contributed by atoms with Gasteiger partial charge in [0.2, 0.25) is 0 Å². The number of halogens is 2. The summed E-state index contributed by atoms with van der Waals surface area (Å²) in [6, 6.07) is 9.77. The Hall–Kier alpha value is -0.830. The Morgan fingerprint density at radius 2 is 1.63 bits per heavy atom. The quantitative estimate of drug-likeness (QED) is 0.806. The van der Waals surface area contributed by atoms with E-state index in [4.69, 9.17) is 11.6 Å². The molecule has 0 fully saturated rings. The highest BCUT2D eigenvalue weighted by molar-refractivity contribution is 9.10. The summed E-state index contributed by atoms with van der Waals surface area (Å²) in [6.45, 7) is 6.04. The first-order chi connectivity index (χ1) is 8.88. The first-order valence-electron chi connectivity index (χ1n) is 6.10.